The van der Waals surface area contributed by atoms with Crippen molar-refractivity contribution < 1.29 is 14.3 Å². The van der Waals surface area contributed by atoms with Crippen LogP contribution in [0.2, 0.25) is 0 Å². The van der Waals surface area contributed by atoms with Gasteiger partial charge >= 0.3 is 0 Å². The van der Waals surface area contributed by atoms with Crippen LogP contribution in [0.5, 0.6) is 0 Å². The molecule has 132 valence electrons. The third-order valence-corrected chi connectivity index (χ3v) is 3.84. The van der Waals surface area contributed by atoms with Gasteiger partial charge in [0.15, 0.2) is 0 Å². The molecule has 1 aliphatic heterocycles. The highest BCUT2D eigenvalue weighted by Crippen LogP contribution is 2.14. The zero-order chi connectivity index (χ0) is 17.4. The molecule has 1 aromatic rings. The predicted molar refractivity (Wildman–Crippen MR) is 93.8 cm³/mol. The van der Waals surface area contributed by atoms with Crippen LogP contribution >= 0.6 is 0 Å². The number of nitrogens with zero attached hydrogens (tertiary/aromatic N) is 1. The van der Waals surface area contributed by atoms with Gasteiger partial charge in [-0.05, 0) is 30.7 Å². The minimum absolute atomic E-state index is 0.0568. The first-order valence-corrected chi connectivity index (χ1v) is 8.35. The number of anilines is 2. The first-order chi connectivity index (χ1) is 11.6. The maximum atomic E-state index is 12.0. The number of morpholine rings is 1. The summed E-state index contributed by atoms with van der Waals surface area (Å²) in [4.78, 5) is 25.9. The topological polar surface area (TPSA) is 96.7 Å². The molecule has 0 saturated carbocycles. The molecule has 2 rings (SSSR count). The van der Waals surface area contributed by atoms with E-state index in [1.54, 1.807) is 24.3 Å². The van der Waals surface area contributed by atoms with E-state index in [0.717, 1.165) is 19.5 Å². The van der Waals surface area contributed by atoms with Gasteiger partial charge in [0.2, 0.25) is 11.8 Å². The Morgan fingerprint density at radius 1 is 1.17 bits per heavy atom. The molecule has 2 amide bonds. The number of benzene rings is 1. The average Bonchev–Trinajstić information content (AvgIpc) is 2.57. The van der Waals surface area contributed by atoms with E-state index >= 15 is 0 Å². The third kappa shape index (κ3) is 5.92. The van der Waals surface area contributed by atoms with Gasteiger partial charge in [-0.1, -0.05) is 13.3 Å². The molecule has 0 aliphatic carbocycles. The zero-order valence-electron chi connectivity index (χ0n) is 14.1. The maximum Gasteiger partial charge on any atom is 0.241 e. The summed E-state index contributed by atoms with van der Waals surface area (Å²) in [7, 11) is 0. The van der Waals surface area contributed by atoms with Gasteiger partial charge in [0.25, 0.3) is 0 Å². The molecule has 0 spiro atoms. The molecule has 7 heteroatoms. The highest BCUT2D eigenvalue weighted by molar-refractivity contribution is 5.95. The summed E-state index contributed by atoms with van der Waals surface area (Å²) in [6.07, 6.45) is 1.52. The quantitative estimate of drug-likeness (QED) is 0.692. The summed E-state index contributed by atoms with van der Waals surface area (Å²) in [5.74, 6) is -0.250. The molecular weight excluding hydrogens is 308 g/mol. The molecule has 0 radical (unpaired) electrons. The molecule has 1 unspecified atom stereocenters. The molecule has 4 N–H and O–H groups in total. The summed E-state index contributed by atoms with van der Waals surface area (Å²) in [5, 5.41) is 5.63. The molecule has 7 nitrogen and oxygen atoms in total. The van der Waals surface area contributed by atoms with E-state index in [-0.39, 0.29) is 11.8 Å². The van der Waals surface area contributed by atoms with Crippen molar-refractivity contribution in [2.24, 2.45) is 5.73 Å². The average molecular weight is 334 g/mol. The second-order valence-electron chi connectivity index (χ2n) is 5.90. The Morgan fingerprint density at radius 2 is 1.75 bits per heavy atom. The molecule has 1 aromatic carbocycles. The van der Waals surface area contributed by atoms with E-state index in [9.17, 15) is 9.59 Å². The van der Waals surface area contributed by atoms with E-state index in [1.165, 1.54) is 0 Å². The van der Waals surface area contributed by atoms with Crippen LogP contribution in [0.4, 0.5) is 11.4 Å². The van der Waals surface area contributed by atoms with E-state index in [4.69, 9.17) is 10.5 Å². The zero-order valence-corrected chi connectivity index (χ0v) is 14.1. The van der Waals surface area contributed by atoms with Crippen LogP contribution in [-0.4, -0.2) is 55.6 Å². The van der Waals surface area contributed by atoms with Crippen molar-refractivity contribution in [1.82, 2.24) is 4.90 Å². The van der Waals surface area contributed by atoms with Crippen LogP contribution in [0.3, 0.4) is 0 Å². The number of rotatable bonds is 7. The van der Waals surface area contributed by atoms with Crippen LogP contribution < -0.4 is 16.4 Å². The number of nitrogens with two attached hydrogens (primary N) is 1. The first-order valence-electron chi connectivity index (χ1n) is 8.35. The predicted octanol–water partition coefficient (Wildman–Crippen LogP) is 1.02. The molecular formula is C17H26N4O3. The minimum atomic E-state index is -0.497. The van der Waals surface area contributed by atoms with Gasteiger partial charge in [-0.15, -0.1) is 0 Å². The van der Waals surface area contributed by atoms with Crippen LogP contribution in [0.25, 0.3) is 0 Å². The van der Waals surface area contributed by atoms with E-state index in [0.29, 0.717) is 37.6 Å². The molecule has 1 saturated heterocycles. The Bertz CT molecular complexity index is 541. The van der Waals surface area contributed by atoms with Crippen LogP contribution in [0, 0.1) is 0 Å². The van der Waals surface area contributed by atoms with Gasteiger partial charge in [0, 0.05) is 24.5 Å². The summed E-state index contributed by atoms with van der Waals surface area (Å²) < 4.78 is 5.26. The smallest absolute Gasteiger partial charge is 0.241 e. The van der Waals surface area contributed by atoms with Gasteiger partial charge in [-0.3, -0.25) is 14.5 Å². The lowest BCUT2D eigenvalue weighted by atomic mass is 10.1. The van der Waals surface area contributed by atoms with E-state index in [1.807, 2.05) is 6.92 Å². The number of amides is 2. The summed E-state index contributed by atoms with van der Waals surface area (Å²) in [6, 6.07) is 6.53. The minimum Gasteiger partial charge on any atom is -0.379 e. The SMILES string of the molecule is CCCC(N)C(=O)Nc1ccc(NC(=O)CN2CCOCC2)cc1. The second-order valence-corrected chi connectivity index (χ2v) is 5.90. The molecule has 0 bridgehead atoms. The molecule has 1 fully saturated rings. The van der Waals surface area contributed by atoms with Crippen molar-refractivity contribution in [3.05, 3.63) is 24.3 Å². The first kappa shape index (κ1) is 18.4. The van der Waals surface area contributed by atoms with Crippen molar-refractivity contribution in [3.63, 3.8) is 0 Å². The summed E-state index contributed by atoms with van der Waals surface area (Å²) in [6.45, 7) is 5.23. The fourth-order valence-electron chi connectivity index (χ4n) is 2.48. The standard InChI is InChI=1S/C17H26N4O3/c1-2-3-15(18)17(23)20-14-6-4-13(5-7-14)19-16(22)12-21-8-10-24-11-9-21/h4-7,15H,2-3,8-12,18H2,1H3,(H,19,22)(H,20,23). The summed E-state index contributed by atoms with van der Waals surface area (Å²) >= 11 is 0. The Kier molecular flexibility index (Phi) is 7.17. The van der Waals surface area contributed by atoms with Crippen molar-refractivity contribution in [3.8, 4) is 0 Å². The monoisotopic (exact) mass is 334 g/mol. The Balaban J connectivity index is 1.80. The highest BCUT2D eigenvalue weighted by atomic mass is 16.5. The van der Waals surface area contributed by atoms with Crippen molar-refractivity contribution in [1.29, 1.82) is 0 Å². The van der Waals surface area contributed by atoms with Crippen molar-refractivity contribution in [2.45, 2.75) is 25.8 Å². The Labute approximate surface area is 142 Å². The molecule has 1 aliphatic rings. The fraction of sp³-hybridized carbons (Fsp3) is 0.529. The molecule has 0 aromatic heterocycles. The molecule has 1 heterocycles. The number of ether oxygens (including phenoxy) is 1. The van der Waals surface area contributed by atoms with Crippen LogP contribution in [0.1, 0.15) is 19.8 Å². The van der Waals surface area contributed by atoms with Gasteiger partial charge in [-0.25, -0.2) is 0 Å². The fourth-order valence-corrected chi connectivity index (χ4v) is 2.48. The van der Waals surface area contributed by atoms with Crippen LogP contribution in [0.15, 0.2) is 24.3 Å². The van der Waals surface area contributed by atoms with Crippen molar-refractivity contribution >= 4 is 23.2 Å². The van der Waals surface area contributed by atoms with Crippen molar-refractivity contribution in [2.75, 3.05) is 43.5 Å². The van der Waals surface area contributed by atoms with Crippen LogP contribution in [-0.2, 0) is 14.3 Å². The number of nitrogens with one attached hydrogen (secondary N) is 2. The molecule has 24 heavy (non-hydrogen) atoms. The Hall–Kier alpha value is -1.96. The largest absolute Gasteiger partial charge is 0.379 e. The van der Waals surface area contributed by atoms with E-state index < -0.39 is 6.04 Å². The lowest BCUT2D eigenvalue weighted by molar-refractivity contribution is -0.118. The number of carbonyl (C=O) groups is 2. The third-order valence-electron chi connectivity index (χ3n) is 3.84. The lowest BCUT2D eigenvalue weighted by Crippen LogP contribution is -2.41. The molecule has 1 atom stereocenters. The normalized spacial score (nSPS) is 16.4. The maximum absolute atomic E-state index is 12.0. The van der Waals surface area contributed by atoms with Gasteiger partial charge in [-0.2, -0.15) is 0 Å². The second kappa shape index (κ2) is 9.36. The summed E-state index contributed by atoms with van der Waals surface area (Å²) in [5.41, 5.74) is 7.14. The lowest BCUT2D eigenvalue weighted by Gasteiger charge is -2.25. The number of carbonyl (C=O) groups excluding carboxylic acids is 2. The number of hydrogen-bond donors (Lipinski definition) is 3. The van der Waals surface area contributed by atoms with Gasteiger partial charge in [0.05, 0.1) is 25.8 Å². The highest BCUT2D eigenvalue weighted by Gasteiger charge is 2.15. The van der Waals surface area contributed by atoms with Gasteiger partial charge in [0.1, 0.15) is 0 Å². The van der Waals surface area contributed by atoms with Gasteiger partial charge < -0.3 is 21.1 Å². The van der Waals surface area contributed by atoms with E-state index in [2.05, 4.69) is 15.5 Å². The Morgan fingerprint density at radius 3 is 2.33 bits per heavy atom. The number of hydrogen-bond acceptors (Lipinski definition) is 5.